The highest BCUT2D eigenvalue weighted by molar-refractivity contribution is 5.79. The summed E-state index contributed by atoms with van der Waals surface area (Å²) >= 11 is 0. The van der Waals surface area contributed by atoms with Gasteiger partial charge in [0, 0.05) is 12.1 Å². The van der Waals surface area contributed by atoms with E-state index in [0.29, 0.717) is 6.42 Å². The minimum Gasteiger partial charge on any atom is -0.300 e. The molecule has 1 saturated heterocycles. The number of benzene rings is 2. The summed E-state index contributed by atoms with van der Waals surface area (Å²) in [6, 6.07) is 19.9. The molecule has 106 valence electrons. The first-order chi connectivity index (χ1) is 10.2. The lowest BCUT2D eigenvalue weighted by molar-refractivity contribution is -0.134. The first-order valence-corrected chi connectivity index (χ1v) is 7.09. The summed E-state index contributed by atoms with van der Waals surface area (Å²) in [4.78, 5) is 12.6. The lowest BCUT2D eigenvalue weighted by atomic mass is 10.0. The van der Waals surface area contributed by atoms with Gasteiger partial charge in [-0.2, -0.15) is 0 Å². The molecule has 1 N–H and O–H groups in total. The molecule has 2 aromatic carbocycles. The SMILES string of the molecule is C=C1CC(c2ccccc2)N(C(=O)Cc2ccccc2)N1. The van der Waals surface area contributed by atoms with Gasteiger partial charge >= 0.3 is 0 Å². The summed E-state index contributed by atoms with van der Waals surface area (Å²) in [5, 5.41) is 1.71. The van der Waals surface area contributed by atoms with Crippen molar-refractivity contribution in [1.82, 2.24) is 10.4 Å². The monoisotopic (exact) mass is 278 g/mol. The molecule has 1 aliphatic heterocycles. The number of nitrogens with one attached hydrogen (secondary N) is 1. The molecule has 3 heteroatoms. The Morgan fingerprint density at radius 1 is 1.10 bits per heavy atom. The lowest BCUT2D eigenvalue weighted by Gasteiger charge is -2.24. The number of nitrogens with zero attached hydrogens (tertiary/aromatic N) is 1. The van der Waals surface area contributed by atoms with Crippen LogP contribution in [0.25, 0.3) is 0 Å². The van der Waals surface area contributed by atoms with Gasteiger partial charge in [0.25, 0.3) is 0 Å². The van der Waals surface area contributed by atoms with Crippen molar-refractivity contribution in [2.75, 3.05) is 0 Å². The van der Waals surface area contributed by atoms with Gasteiger partial charge in [-0.25, -0.2) is 5.01 Å². The summed E-state index contributed by atoms with van der Waals surface area (Å²) in [5.41, 5.74) is 6.14. The molecule has 0 spiro atoms. The Kier molecular flexibility index (Phi) is 3.73. The summed E-state index contributed by atoms with van der Waals surface area (Å²) in [7, 11) is 0. The highest BCUT2D eigenvalue weighted by Gasteiger charge is 2.31. The van der Waals surface area contributed by atoms with E-state index in [2.05, 4.69) is 12.0 Å². The molecule has 0 aromatic heterocycles. The minimum absolute atomic E-state index is 0.0231. The molecule has 3 nitrogen and oxygen atoms in total. The topological polar surface area (TPSA) is 32.3 Å². The molecule has 0 saturated carbocycles. The van der Waals surface area contributed by atoms with E-state index < -0.39 is 0 Å². The van der Waals surface area contributed by atoms with E-state index in [1.807, 2.05) is 60.7 Å². The maximum Gasteiger partial charge on any atom is 0.245 e. The maximum absolute atomic E-state index is 12.6. The Bertz CT molecular complexity index is 637. The number of rotatable bonds is 3. The van der Waals surface area contributed by atoms with Crippen LogP contribution in [0.5, 0.6) is 0 Å². The van der Waals surface area contributed by atoms with E-state index in [9.17, 15) is 4.79 Å². The van der Waals surface area contributed by atoms with Crippen molar-refractivity contribution >= 4 is 5.91 Å². The summed E-state index contributed by atoms with van der Waals surface area (Å²) in [6.45, 7) is 3.96. The summed E-state index contributed by atoms with van der Waals surface area (Å²) < 4.78 is 0. The molecular formula is C18H18N2O. The van der Waals surface area contributed by atoms with Crippen molar-refractivity contribution < 1.29 is 4.79 Å². The quantitative estimate of drug-likeness (QED) is 0.935. The van der Waals surface area contributed by atoms with Gasteiger partial charge in [-0.05, 0) is 11.1 Å². The zero-order valence-electron chi connectivity index (χ0n) is 11.8. The van der Waals surface area contributed by atoms with Crippen LogP contribution >= 0.6 is 0 Å². The average Bonchev–Trinajstić information content (AvgIpc) is 2.91. The molecule has 0 bridgehead atoms. The standard InChI is InChI=1S/C18H18N2O/c1-14-12-17(16-10-6-3-7-11-16)20(19-14)18(21)13-15-8-4-2-5-9-15/h2-11,17,19H,1,12-13H2. The van der Waals surface area contributed by atoms with Crippen LogP contribution in [-0.2, 0) is 11.2 Å². The molecule has 3 rings (SSSR count). The van der Waals surface area contributed by atoms with Gasteiger partial charge < -0.3 is 5.43 Å². The van der Waals surface area contributed by atoms with E-state index >= 15 is 0 Å². The normalized spacial score (nSPS) is 17.6. The van der Waals surface area contributed by atoms with E-state index in [1.165, 1.54) is 0 Å². The van der Waals surface area contributed by atoms with Crippen LogP contribution < -0.4 is 5.43 Å². The molecule has 1 fully saturated rings. The van der Waals surface area contributed by atoms with E-state index in [-0.39, 0.29) is 11.9 Å². The fraction of sp³-hybridized carbons (Fsp3) is 0.167. The molecule has 1 atom stereocenters. The van der Waals surface area contributed by atoms with Crippen molar-refractivity contribution in [3.05, 3.63) is 84.1 Å². The van der Waals surface area contributed by atoms with Gasteiger partial charge in [0.05, 0.1) is 12.5 Å². The van der Waals surface area contributed by atoms with Gasteiger partial charge in [0.1, 0.15) is 0 Å². The van der Waals surface area contributed by atoms with Crippen molar-refractivity contribution in [3.63, 3.8) is 0 Å². The number of hydrogen-bond acceptors (Lipinski definition) is 2. The fourth-order valence-electron chi connectivity index (χ4n) is 2.65. The van der Waals surface area contributed by atoms with Crippen molar-refractivity contribution in [2.24, 2.45) is 0 Å². The number of hydrogen-bond donors (Lipinski definition) is 1. The van der Waals surface area contributed by atoms with Crippen molar-refractivity contribution in [1.29, 1.82) is 0 Å². The first kappa shape index (κ1) is 13.4. The molecule has 0 aliphatic carbocycles. The molecule has 1 heterocycles. The van der Waals surface area contributed by atoms with E-state index in [0.717, 1.165) is 23.2 Å². The third-order valence-corrected chi connectivity index (χ3v) is 3.68. The number of carbonyl (C=O) groups is 1. The zero-order valence-corrected chi connectivity index (χ0v) is 11.8. The molecule has 0 radical (unpaired) electrons. The van der Waals surface area contributed by atoms with Gasteiger partial charge in [-0.1, -0.05) is 67.2 Å². The minimum atomic E-state index is 0.0231. The lowest BCUT2D eigenvalue weighted by Crippen LogP contribution is -2.39. The fourth-order valence-corrected chi connectivity index (χ4v) is 2.65. The van der Waals surface area contributed by atoms with Crippen LogP contribution in [0.2, 0.25) is 0 Å². The van der Waals surface area contributed by atoms with Crippen LogP contribution in [0.4, 0.5) is 0 Å². The second-order valence-electron chi connectivity index (χ2n) is 5.27. The molecule has 21 heavy (non-hydrogen) atoms. The second-order valence-corrected chi connectivity index (χ2v) is 5.27. The van der Waals surface area contributed by atoms with Crippen LogP contribution in [0.15, 0.2) is 72.9 Å². The maximum atomic E-state index is 12.6. The van der Waals surface area contributed by atoms with Gasteiger partial charge in [-0.15, -0.1) is 0 Å². The van der Waals surface area contributed by atoms with Crippen LogP contribution in [-0.4, -0.2) is 10.9 Å². The molecular weight excluding hydrogens is 260 g/mol. The van der Waals surface area contributed by atoms with Crippen molar-refractivity contribution in [3.8, 4) is 0 Å². The molecule has 1 amide bonds. The number of carbonyl (C=O) groups excluding carboxylic acids is 1. The highest BCUT2D eigenvalue weighted by Crippen LogP contribution is 2.31. The number of hydrazine groups is 1. The largest absolute Gasteiger partial charge is 0.300 e. The highest BCUT2D eigenvalue weighted by atomic mass is 16.2. The van der Waals surface area contributed by atoms with E-state index in [4.69, 9.17) is 0 Å². The third kappa shape index (κ3) is 2.97. The zero-order chi connectivity index (χ0) is 14.7. The predicted molar refractivity (Wildman–Crippen MR) is 83.1 cm³/mol. The van der Waals surface area contributed by atoms with Crippen LogP contribution in [0, 0.1) is 0 Å². The molecule has 1 aliphatic rings. The van der Waals surface area contributed by atoms with E-state index in [1.54, 1.807) is 5.01 Å². The Morgan fingerprint density at radius 2 is 1.71 bits per heavy atom. The number of amides is 1. The van der Waals surface area contributed by atoms with Crippen molar-refractivity contribution in [2.45, 2.75) is 18.9 Å². The van der Waals surface area contributed by atoms with Crippen LogP contribution in [0.1, 0.15) is 23.6 Å². The Hall–Kier alpha value is -2.55. The molecule has 2 aromatic rings. The first-order valence-electron chi connectivity index (χ1n) is 7.09. The predicted octanol–water partition coefficient (Wildman–Crippen LogP) is 3.22. The van der Waals surface area contributed by atoms with Gasteiger partial charge in [0.2, 0.25) is 5.91 Å². The summed E-state index contributed by atoms with van der Waals surface area (Å²) in [5.74, 6) is 0.0636. The Morgan fingerprint density at radius 3 is 2.38 bits per heavy atom. The van der Waals surface area contributed by atoms with Crippen LogP contribution in [0.3, 0.4) is 0 Å². The average molecular weight is 278 g/mol. The second kappa shape index (κ2) is 5.83. The summed E-state index contributed by atoms with van der Waals surface area (Å²) in [6.07, 6.45) is 1.15. The van der Waals surface area contributed by atoms with Gasteiger partial charge in [0.15, 0.2) is 0 Å². The Balaban J connectivity index is 1.79. The third-order valence-electron chi connectivity index (χ3n) is 3.68. The Labute approximate surface area is 124 Å². The van der Waals surface area contributed by atoms with Gasteiger partial charge in [-0.3, -0.25) is 4.79 Å². The smallest absolute Gasteiger partial charge is 0.245 e. The molecule has 1 unspecified atom stereocenters.